The van der Waals surface area contributed by atoms with Crippen molar-refractivity contribution in [3.63, 3.8) is 0 Å². The van der Waals surface area contributed by atoms with Crippen molar-refractivity contribution in [3.8, 4) is 0 Å². The summed E-state index contributed by atoms with van der Waals surface area (Å²) in [4.78, 5) is 13.0. The lowest BCUT2D eigenvalue weighted by molar-refractivity contribution is -0.379. The van der Waals surface area contributed by atoms with Crippen LogP contribution in [-0.4, -0.2) is 193 Å². The minimum Gasteiger partial charge on any atom is -0.394 e. The number of carbonyl (C=O) groups excluding carboxylic acids is 1. The molecular formula is C50H89NO18. The Morgan fingerprint density at radius 2 is 0.928 bits per heavy atom. The second-order valence-electron chi connectivity index (χ2n) is 18.6. The van der Waals surface area contributed by atoms with Crippen LogP contribution >= 0.6 is 0 Å². The predicted octanol–water partition coefficient (Wildman–Crippen LogP) is 1.81. The molecule has 3 fully saturated rings. The topological polar surface area (TPSA) is 307 Å². The normalized spacial score (nSPS) is 33.1. The molecule has 0 aromatic heterocycles. The molecule has 0 radical (unpaired) electrons. The molecule has 17 atom stereocenters. The quantitative estimate of drug-likeness (QED) is 0.0318. The van der Waals surface area contributed by atoms with E-state index >= 15 is 0 Å². The number of aliphatic hydroxyl groups is 11. The first-order chi connectivity index (χ1) is 33.3. The van der Waals surface area contributed by atoms with E-state index in [1.807, 2.05) is 6.08 Å². The third kappa shape index (κ3) is 21.2. The van der Waals surface area contributed by atoms with E-state index < -0.39 is 124 Å². The molecule has 3 aliphatic heterocycles. The average Bonchev–Trinajstić information content (AvgIpc) is 3.34. The standard InChI is InChI=1S/C50H89NO18/c1-3-5-7-9-10-11-12-13-14-15-16-17-18-19-20-21-22-23-24-25-27-34(55)33(51-38(56)28-26-8-6-4-2)32-64-48-44(62)41(59)46(36(30-53)66-48)69-50-45(63)42(60)47(37(31-54)67-50)68-49-43(61)40(58)39(57)35(29-52)65-49/h17-18,21-22,25,27,33-37,39-50,52-55,57-63H,3-16,19-20,23-24,26,28-32H2,1-2H3,(H,51,56)/b18-17+,22-21+,27-25+. The van der Waals surface area contributed by atoms with Gasteiger partial charge < -0.3 is 89.9 Å². The van der Waals surface area contributed by atoms with Gasteiger partial charge in [0.15, 0.2) is 18.9 Å². The van der Waals surface area contributed by atoms with Gasteiger partial charge in [-0.05, 0) is 44.9 Å². The van der Waals surface area contributed by atoms with Crippen molar-refractivity contribution in [2.75, 3.05) is 26.4 Å². The smallest absolute Gasteiger partial charge is 0.220 e. The SMILES string of the molecule is CCCCCCCCCCCC/C=C/CC/C=C/CC/C=C/C(O)C(COC1OC(CO)C(OC2OC(CO)C(OC3OC(CO)C(O)C(O)C3O)C(O)C2O)C(O)C1O)NC(=O)CCCCCC. The van der Waals surface area contributed by atoms with E-state index in [-0.39, 0.29) is 18.9 Å². The zero-order valence-electron chi connectivity index (χ0n) is 41.0. The Balaban J connectivity index is 1.50. The van der Waals surface area contributed by atoms with E-state index in [9.17, 15) is 61.0 Å². The van der Waals surface area contributed by atoms with Crippen LogP contribution in [0.15, 0.2) is 36.5 Å². The molecular weight excluding hydrogens is 903 g/mol. The molecule has 3 aliphatic rings. The number of amides is 1. The first-order valence-electron chi connectivity index (χ1n) is 25.7. The van der Waals surface area contributed by atoms with Gasteiger partial charge in [-0.1, -0.05) is 127 Å². The fourth-order valence-corrected chi connectivity index (χ4v) is 8.57. The molecule has 3 heterocycles. The highest BCUT2D eigenvalue weighted by molar-refractivity contribution is 5.76. The van der Waals surface area contributed by atoms with Gasteiger partial charge in [-0.3, -0.25) is 4.79 Å². The number of allylic oxidation sites excluding steroid dienone is 5. The molecule has 0 bridgehead atoms. The summed E-state index contributed by atoms with van der Waals surface area (Å²) in [5.74, 6) is -0.310. The predicted molar refractivity (Wildman–Crippen MR) is 254 cm³/mol. The maximum Gasteiger partial charge on any atom is 0.220 e. The maximum atomic E-state index is 13.0. The van der Waals surface area contributed by atoms with Crippen LogP contribution in [0.1, 0.15) is 142 Å². The third-order valence-corrected chi connectivity index (χ3v) is 12.9. The number of ether oxygens (including phenoxy) is 6. The Morgan fingerprint density at radius 3 is 1.45 bits per heavy atom. The van der Waals surface area contributed by atoms with Crippen molar-refractivity contribution in [3.05, 3.63) is 36.5 Å². The van der Waals surface area contributed by atoms with Gasteiger partial charge in [0, 0.05) is 6.42 Å². The highest BCUT2D eigenvalue weighted by atomic mass is 16.8. The van der Waals surface area contributed by atoms with Crippen molar-refractivity contribution in [2.45, 2.75) is 247 Å². The molecule has 69 heavy (non-hydrogen) atoms. The Bertz CT molecular complexity index is 1420. The average molecular weight is 992 g/mol. The van der Waals surface area contributed by atoms with Crippen LogP contribution in [-0.2, 0) is 33.2 Å². The van der Waals surface area contributed by atoms with Crippen LogP contribution in [0.5, 0.6) is 0 Å². The summed E-state index contributed by atoms with van der Waals surface area (Å²) in [6.07, 6.45) is 6.70. The molecule has 0 aromatic carbocycles. The second-order valence-corrected chi connectivity index (χ2v) is 18.6. The number of hydrogen-bond donors (Lipinski definition) is 12. The van der Waals surface area contributed by atoms with Crippen molar-refractivity contribution < 1.29 is 89.4 Å². The number of carbonyl (C=O) groups is 1. The van der Waals surface area contributed by atoms with E-state index in [1.165, 1.54) is 64.2 Å². The van der Waals surface area contributed by atoms with Crippen molar-refractivity contribution in [2.24, 2.45) is 0 Å². The van der Waals surface area contributed by atoms with E-state index in [2.05, 4.69) is 43.5 Å². The minimum atomic E-state index is -1.98. The van der Waals surface area contributed by atoms with Gasteiger partial charge in [0.25, 0.3) is 0 Å². The Kier molecular flexibility index (Phi) is 31.3. The highest BCUT2D eigenvalue weighted by Crippen LogP contribution is 2.33. The molecule has 3 rings (SSSR count). The molecule has 19 heteroatoms. The van der Waals surface area contributed by atoms with Crippen LogP contribution in [0.4, 0.5) is 0 Å². The summed E-state index contributed by atoms with van der Waals surface area (Å²) in [5.41, 5.74) is 0. The van der Waals surface area contributed by atoms with E-state index in [1.54, 1.807) is 6.08 Å². The summed E-state index contributed by atoms with van der Waals surface area (Å²) in [6, 6.07) is -0.988. The zero-order chi connectivity index (χ0) is 50.6. The summed E-state index contributed by atoms with van der Waals surface area (Å²) in [7, 11) is 0. The summed E-state index contributed by atoms with van der Waals surface area (Å²) in [6.45, 7) is 1.51. The van der Waals surface area contributed by atoms with Crippen molar-refractivity contribution in [1.82, 2.24) is 5.32 Å². The van der Waals surface area contributed by atoms with Crippen LogP contribution in [0.2, 0.25) is 0 Å². The summed E-state index contributed by atoms with van der Waals surface area (Å²) in [5, 5.41) is 119. The van der Waals surface area contributed by atoms with Crippen molar-refractivity contribution in [1.29, 1.82) is 0 Å². The van der Waals surface area contributed by atoms with Gasteiger partial charge in [0.2, 0.25) is 5.91 Å². The maximum absolute atomic E-state index is 13.0. The molecule has 402 valence electrons. The zero-order valence-corrected chi connectivity index (χ0v) is 41.0. The number of unbranched alkanes of at least 4 members (excludes halogenated alkanes) is 15. The molecule has 1 amide bonds. The van der Waals surface area contributed by atoms with E-state index in [4.69, 9.17) is 28.4 Å². The first-order valence-corrected chi connectivity index (χ1v) is 25.7. The minimum absolute atomic E-state index is 0.223. The van der Waals surface area contributed by atoms with Gasteiger partial charge in [-0.25, -0.2) is 0 Å². The number of rotatable bonds is 35. The lowest BCUT2D eigenvalue weighted by atomic mass is 9.96. The largest absolute Gasteiger partial charge is 0.394 e. The molecule has 3 saturated heterocycles. The van der Waals surface area contributed by atoms with Crippen LogP contribution in [0.3, 0.4) is 0 Å². The van der Waals surface area contributed by atoms with Crippen LogP contribution < -0.4 is 5.32 Å². The molecule has 0 aliphatic carbocycles. The van der Waals surface area contributed by atoms with Crippen molar-refractivity contribution >= 4 is 5.91 Å². The first kappa shape index (κ1) is 61.3. The summed E-state index contributed by atoms with van der Waals surface area (Å²) >= 11 is 0. The Hall–Kier alpha value is -1.99. The van der Waals surface area contributed by atoms with Gasteiger partial charge in [0.1, 0.15) is 73.2 Å². The van der Waals surface area contributed by atoms with E-state index in [0.717, 1.165) is 44.9 Å². The van der Waals surface area contributed by atoms with E-state index in [0.29, 0.717) is 12.8 Å². The molecule has 17 unspecified atom stereocenters. The Labute approximate surface area is 409 Å². The number of aliphatic hydroxyl groups excluding tert-OH is 11. The molecule has 0 aromatic rings. The van der Waals surface area contributed by atoms with Crippen LogP contribution in [0.25, 0.3) is 0 Å². The molecule has 19 nitrogen and oxygen atoms in total. The highest BCUT2D eigenvalue weighted by Gasteiger charge is 2.53. The third-order valence-electron chi connectivity index (χ3n) is 12.9. The molecule has 12 N–H and O–H groups in total. The van der Waals surface area contributed by atoms with Crippen LogP contribution in [0, 0.1) is 0 Å². The second kappa shape index (κ2) is 35.2. The van der Waals surface area contributed by atoms with Gasteiger partial charge in [-0.2, -0.15) is 0 Å². The van der Waals surface area contributed by atoms with Gasteiger partial charge >= 0.3 is 0 Å². The number of hydrogen-bond acceptors (Lipinski definition) is 18. The van der Waals surface area contributed by atoms with Gasteiger partial charge in [0.05, 0.1) is 38.6 Å². The Morgan fingerprint density at radius 1 is 0.507 bits per heavy atom. The van der Waals surface area contributed by atoms with Gasteiger partial charge in [-0.15, -0.1) is 0 Å². The lowest BCUT2D eigenvalue weighted by Crippen LogP contribution is -2.66. The molecule has 0 spiro atoms. The molecule has 0 saturated carbocycles. The fraction of sp³-hybridized carbons (Fsp3) is 0.860. The monoisotopic (exact) mass is 992 g/mol. The number of nitrogens with one attached hydrogen (secondary N) is 1. The fourth-order valence-electron chi connectivity index (χ4n) is 8.57. The summed E-state index contributed by atoms with van der Waals surface area (Å²) < 4.78 is 33.9. The lowest BCUT2D eigenvalue weighted by Gasteiger charge is -2.48.